The molecule has 0 aliphatic carbocycles. The number of fused-ring (bicyclic) bond motifs is 3. The zero-order chi connectivity index (χ0) is 21.0. The van der Waals surface area contributed by atoms with Crippen LogP contribution in [-0.2, 0) is 10.2 Å². The molecule has 3 aromatic rings. The van der Waals surface area contributed by atoms with Gasteiger partial charge in [0.15, 0.2) is 0 Å². The lowest BCUT2D eigenvalue weighted by Crippen LogP contribution is -2.44. The number of carbonyl (C=O) groups excluding carboxylic acids is 2. The van der Waals surface area contributed by atoms with Crippen molar-refractivity contribution < 1.29 is 19.2 Å². The average molecular weight is 406 g/mol. The largest absolute Gasteiger partial charge is 0.395 e. The van der Waals surface area contributed by atoms with E-state index in [9.17, 15) is 14.7 Å². The maximum Gasteiger partial charge on any atom is 0.258 e. The summed E-state index contributed by atoms with van der Waals surface area (Å²) in [6, 6.07) is 9.41. The van der Waals surface area contributed by atoms with Crippen LogP contribution in [0.15, 0.2) is 34.9 Å². The highest BCUT2D eigenvalue weighted by atomic mass is 16.5. The number of pyridine rings is 1. The van der Waals surface area contributed by atoms with E-state index in [1.807, 2.05) is 31.2 Å². The lowest BCUT2D eigenvalue weighted by Gasteiger charge is -2.24. The van der Waals surface area contributed by atoms with Gasteiger partial charge in [-0.25, -0.2) is 4.98 Å². The summed E-state index contributed by atoms with van der Waals surface area (Å²) in [7, 11) is 0. The summed E-state index contributed by atoms with van der Waals surface area (Å²) >= 11 is 0. The normalized spacial score (nSPS) is 20.6. The molecule has 1 spiro atoms. The number of nitrogens with zero attached hydrogens (tertiary/aromatic N) is 4. The number of amides is 2. The first-order valence-corrected chi connectivity index (χ1v) is 10.0. The van der Waals surface area contributed by atoms with E-state index in [2.05, 4.69) is 10.1 Å². The Labute approximate surface area is 173 Å². The van der Waals surface area contributed by atoms with Gasteiger partial charge in [-0.15, -0.1) is 0 Å². The predicted molar refractivity (Wildman–Crippen MR) is 109 cm³/mol. The molecule has 1 atom stereocenters. The molecule has 8 nitrogen and oxygen atoms in total. The van der Waals surface area contributed by atoms with Gasteiger partial charge in [0, 0.05) is 31.0 Å². The first-order chi connectivity index (χ1) is 14.5. The average Bonchev–Trinajstić information content (AvgIpc) is 3.41. The van der Waals surface area contributed by atoms with Crippen molar-refractivity contribution in [1.82, 2.24) is 15.0 Å². The van der Waals surface area contributed by atoms with E-state index in [1.165, 1.54) is 0 Å². The van der Waals surface area contributed by atoms with Crippen molar-refractivity contribution in [2.45, 2.75) is 25.7 Å². The highest BCUT2D eigenvalue weighted by Gasteiger charge is 2.55. The molecule has 5 rings (SSSR count). The molecule has 8 heteroatoms. The summed E-state index contributed by atoms with van der Waals surface area (Å²) in [5, 5.41) is 14.0. The number of aliphatic hydroxyl groups excluding tert-OH is 1. The molecule has 0 bridgehead atoms. The Morgan fingerprint density at radius 2 is 2.10 bits per heavy atom. The molecule has 1 saturated heterocycles. The van der Waals surface area contributed by atoms with Crippen molar-refractivity contribution in [1.29, 1.82) is 0 Å². The van der Waals surface area contributed by atoms with E-state index in [0.29, 0.717) is 47.6 Å². The number of anilines is 1. The third kappa shape index (κ3) is 2.50. The number of aryl methyl sites for hydroxylation is 2. The van der Waals surface area contributed by atoms with Gasteiger partial charge >= 0.3 is 0 Å². The van der Waals surface area contributed by atoms with Gasteiger partial charge in [0.05, 0.1) is 28.7 Å². The molecule has 2 aliphatic heterocycles. The van der Waals surface area contributed by atoms with E-state index >= 15 is 0 Å². The molecule has 1 aromatic carbocycles. The fourth-order valence-electron chi connectivity index (χ4n) is 4.85. The summed E-state index contributed by atoms with van der Waals surface area (Å²) < 4.78 is 5.26. The van der Waals surface area contributed by atoms with Crippen LogP contribution in [0, 0.1) is 13.8 Å². The van der Waals surface area contributed by atoms with Crippen LogP contribution in [0.25, 0.3) is 11.1 Å². The van der Waals surface area contributed by atoms with E-state index in [4.69, 9.17) is 4.52 Å². The second kappa shape index (κ2) is 6.63. The summed E-state index contributed by atoms with van der Waals surface area (Å²) in [4.78, 5) is 34.6. The van der Waals surface area contributed by atoms with Gasteiger partial charge in [0.1, 0.15) is 0 Å². The highest BCUT2D eigenvalue weighted by Crippen LogP contribution is 2.47. The SMILES string of the molecule is Cc1cc(C(=O)N2CCC3(C2)C(=O)N(CCO)c2ccccc23)c2c(C)noc2n1. The van der Waals surface area contributed by atoms with Crippen molar-refractivity contribution in [3.8, 4) is 0 Å². The third-order valence-electron chi connectivity index (χ3n) is 6.22. The Hall–Kier alpha value is -3.26. The van der Waals surface area contributed by atoms with Gasteiger partial charge < -0.3 is 19.4 Å². The molecule has 1 N–H and O–H groups in total. The standard InChI is InChI=1S/C22H22N4O4/c1-13-11-15(18-14(2)24-30-19(18)23-13)20(28)25-8-7-22(12-25)16-5-3-4-6-17(16)26(9-10-27)21(22)29/h3-6,11,27H,7-10,12H2,1-2H3. The maximum absolute atomic E-state index is 13.5. The minimum Gasteiger partial charge on any atom is -0.395 e. The minimum atomic E-state index is -0.772. The Balaban J connectivity index is 1.53. The molecular formula is C22H22N4O4. The molecule has 30 heavy (non-hydrogen) atoms. The number of carbonyl (C=O) groups is 2. The smallest absolute Gasteiger partial charge is 0.258 e. The number of benzene rings is 1. The molecule has 2 aliphatic rings. The first-order valence-electron chi connectivity index (χ1n) is 10.0. The summed E-state index contributed by atoms with van der Waals surface area (Å²) in [5.74, 6) is -0.204. The number of hydrogen-bond donors (Lipinski definition) is 1. The van der Waals surface area contributed by atoms with Crippen molar-refractivity contribution in [2.75, 3.05) is 31.1 Å². The Morgan fingerprint density at radius 1 is 1.30 bits per heavy atom. The van der Waals surface area contributed by atoms with Gasteiger partial charge in [0.25, 0.3) is 11.6 Å². The molecule has 0 radical (unpaired) electrons. The second-order valence-electron chi connectivity index (χ2n) is 8.02. The fourth-order valence-corrected chi connectivity index (χ4v) is 4.85. The van der Waals surface area contributed by atoms with Gasteiger partial charge in [0.2, 0.25) is 5.91 Å². The molecule has 4 heterocycles. The van der Waals surface area contributed by atoms with Crippen LogP contribution in [0.3, 0.4) is 0 Å². The van der Waals surface area contributed by atoms with Crippen molar-refractivity contribution in [3.05, 3.63) is 52.8 Å². The summed E-state index contributed by atoms with van der Waals surface area (Å²) in [5.41, 5.74) is 3.12. The van der Waals surface area contributed by atoms with E-state index in [1.54, 1.807) is 22.8 Å². The van der Waals surface area contributed by atoms with Crippen LogP contribution in [-0.4, -0.2) is 58.2 Å². The fraction of sp³-hybridized carbons (Fsp3) is 0.364. The maximum atomic E-state index is 13.5. The minimum absolute atomic E-state index is 0.0507. The summed E-state index contributed by atoms with van der Waals surface area (Å²) in [6.45, 7) is 4.50. The predicted octanol–water partition coefficient (Wildman–Crippen LogP) is 1.96. The van der Waals surface area contributed by atoms with Crippen LogP contribution in [0.1, 0.15) is 33.7 Å². The second-order valence-corrected chi connectivity index (χ2v) is 8.02. The zero-order valence-corrected chi connectivity index (χ0v) is 16.9. The van der Waals surface area contributed by atoms with Gasteiger partial charge in [-0.05, 0) is 38.0 Å². The van der Waals surface area contributed by atoms with Crippen LogP contribution in [0.4, 0.5) is 5.69 Å². The number of hydrogen-bond acceptors (Lipinski definition) is 6. The first kappa shape index (κ1) is 18.7. The number of aromatic nitrogens is 2. The van der Waals surface area contributed by atoms with Gasteiger partial charge in [-0.3, -0.25) is 9.59 Å². The Kier molecular flexibility index (Phi) is 4.14. The number of β-amino-alcohol motifs (C(OH)–C–C–N with tert-alkyl or cyclic N) is 1. The van der Waals surface area contributed by atoms with Crippen LogP contribution < -0.4 is 4.90 Å². The number of para-hydroxylation sites is 1. The highest BCUT2D eigenvalue weighted by molar-refractivity contribution is 6.10. The Morgan fingerprint density at radius 3 is 2.90 bits per heavy atom. The zero-order valence-electron chi connectivity index (χ0n) is 16.9. The molecule has 2 aromatic heterocycles. The quantitative estimate of drug-likeness (QED) is 0.714. The van der Waals surface area contributed by atoms with E-state index in [0.717, 1.165) is 11.3 Å². The molecule has 1 fully saturated rings. The van der Waals surface area contributed by atoms with Crippen LogP contribution in [0.5, 0.6) is 0 Å². The number of likely N-dealkylation sites (tertiary alicyclic amines) is 1. The summed E-state index contributed by atoms with van der Waals surface area (Å²) in [6.07, 6.45) is 0.548. The van der Waals surface area contributed by atoms with Crippen LogP contribution >= 0.6 is 0 Å². The van der Waals surface area contributed by atoms with Crippen LogP contribution in [0.2, 0.25) is 0 Å². The Bertz CT molecular complexity index is 1190. The molecular weight excluding hydrogens is 384 g/mol. The topological polar surface area (TPSA) is 99.8 Å². The van der Waals surface area contributed by atoms with Gasteiger partial charge in [-0.1, -0.05) is 23.4 Å². The molecule has 0 saturated carbocycles. The number of rotatable bonds is 3. The van der Waals surface area contributed by atoms with Crippen molar-refractivity contribution in [2.24, 2.45) is 0 Å². The number of aliphatic hydroxyl groups is 1. The van der Waals surface area contributed by atoms with Crippen molar-refractivity contribution >= 4 is 28.6 Å². The lowest BCUT2D eigenvalue weighted by atomic mass is 9.81. The molecule has 2 amide bonds. The molecule has 1 unspecified atom stereocenters. The molecule has 154 valence electrons. The lowest BCUT2D eigenvalue weighted by molar-refractivity contribution is -0.122. The van der Waals surface area contributed by atoms with Gasteiger partial charge in [-0.2, -0.15) is 0 Å². The van der Waals surface area contributed by atoms with E-state index in [-0.39, 0.29) is 25.0 Å². The monoisotopic (exact) mass is 406 g/mol. The van der Waals surface area contributed by atoms with E-state index < -0.39 is 5.41 Å². The third-order valence-corrected chi connectivity index (χ3v) is 6.22. The van der Waals surface area contributed by atoms with Crippen molar-refractivity contribution in [3.63, 3.8) is 0 Å².